The normalized spacial score (nSPS) is 23.7. The van der Waals surface area contributed by atoms with E-state index >= 15 is 0 Å². The highest BCUT2D eigenvalue weighted by molar-refractivity contribution is 14.1. The fourth-order valence-corrected chi connectivity index (χ4v) is 4.09. The predicted octanol–water partition coefficient (Wildman–Crippen LogP) is 6.47. The summed E-state index contributed by atoms with van der Waals surface area (Å²) >= 11 is 1.27. The summed E-state index contributed by atoms with van der Waals surface area (Å²) in [4.78, 5) is 11.7. The molecule has 30 heavy (non-hydrogen) atoms. The van der Waals surface area contributed by atoms with Crippen LogP contribution in [0.4, 0.5) is 39.5 Å². The molecule has 0 saturated heterocycles. The lowest BCUT2D eigenvalue weighted by atomic mass is 9.90. The zero-order chi connectivity index (χ0) is 23.0. The number of benzene rings is 1. The zero-order valence-corrected chi connectivity index (χ0v) is 17.3. The van der Waals surface area contributed by atoms with Crippen LogP contribution in [0.1, 0.15) is 36.0 Å². The van der Waals surface area contributed by atoms with Crippen LogP contribution in [0.3, 0.4) is 0 Å². The first kappa shape index (κ1) is 25.1. The Morgan fingerprint density at radius 1 is 0.833 bits per heavy atom. The van der Waals surface area contributed by atoms with Crippen LogP contribution in [0.5, 0.6) is 0 Å². The third kappa shape index (κ3) is 3.77. The van der Waals surface area contributed by atoms with Gasteiger partial charge in [-0.3, -0.25) is 0 Å². The van der Waals surface area contributed by atoms with Gasteiger partial charge in [-0.2, -0.15) is 35.1 Å². The molecule has 2 rings (SSSR count). The Hall–Kier alpha value is -1.21. The van der Waals surface area contributed by atoms with Crippen molar-refractivity contribution in [1.82, 2.24) is 0 Å². The van der Waals surface area contributed by atoms with E-state index in [4.69, 9.17) is 4.74 Å². The van der Waals surface area contributed by atoms with Crippen LogP contribution < -0.4 is 0 Å². The minimum absolute atomic E-state index is 0.0652. The van der Waals surface area contributed by atoms with Crippen LogP contribution >= 0.6 is 22.6 Å². The van der Waals surface area contributed by atoms with Gasteiger partial charge in [0.2, 0.25) is 0 Å². The molecule has 0 spiro atoms. The molecule has 1 aromatic carbocycles. The van der Waals surface area contributed by atoms with Crippen molar-refractivity contribution in [3.63, 3.8) is 0 Å². The molecule has 0 aliphatic heterocycles. The van der Waals surface area contributed by atoms with Crippen LogP contribution in [0.15, 0.2) is 30.3 Å². The molecule has 1 atom stereocenters. The second-order valence-corrected chi connectivity index (χ2v) is 8.66. The van der Waals surface area contributed by atoms with Gasteiger partial charge in [0.25, 0.3) is 5.67 Å². The van der Waals surface area contributed by atoms with E-state index in [9.17, 15) is 44.3 Å². The van der Waals surface area contributed by atoms with E-state index in [1.807, 2.05) is 0 Å². The topological polar surface area (TPSA) is 26.3 Å². The second-order valence-electron chi connectivity index (χ2n) is 6.90. The predicted molar refractivity (Wildman–Crippen MR) is 96.6 cm³/mol. The van der Waals surface area contributed by atoms with Crippen molar-refractivity contribution in [2.24, 2.45) is 0 Å². The summed E-state index contributed by atoms with van der Waals surface area (Å²) in [5.41, 5.74) is -5.14. The van der Waals surface area contributed by atoms with Crippen molar-refractivity contribution in [3.05, 3.63) is 35.9 Å². The molecule has 0 aromatic heterocycles. The van der Waals surface area contributed by atoms with Crippen LogP contribution in [0.2, 0.25) is 0 Å². The Bertz CT molecular complexity index is 729. The molecule has 0 N–H and O–H groups in total. The van der Waals surface area contributed by atoms with E-state index in [1.165, 1.54) is 34.7 Å². The number of rotatable bonds is 8. The number of alkyl halides is 10. The first-order valence-corrected chi connectivity index (χ1v) is 9.94. The molecule has 0 heterocycles. The molecular formula is C18H16F9IO2. The number of unbranched alkanes of at least 4 members (excludes halogenated alkanes) is 1. The minimum atomic E-state index is -6.54. The number of carbonyl (C=O) groups is 1. The third-order valence-electron chi connectivity index (χ3n) is 4.84. The lowest BCUT2D eigenvalue weighted by Gasteiger charge is -2.32. The second kappa shape index (κ2) is 8.38. The fraction of sp³-hybridized carbons (Fsp3) is 0.611. The molecule has 1 aromatic rings. The van der Waals surface area contributed by atoms with E-state index in [1.54, 1.807) is 18.2 Å². The lowest BCUT2D eigenvalue weighted by Crippen LogP contribution is -2.55. The highest BCUT2D eigenvalue weighted by atomic mass is 127. The Morgan fingerprint density at radius 2 is 1.33 bits per heavy atom. The summed E-state index contributed by atoms with van der Waals surface area (Å²) in [7, 11) is 0. The van der Waals surface area contributed by atoms with Crippen LogP contribution in [-0.2, 0) is 4.74 Å². The summed E-state index contributed by atoms with van der Waals surface area (Å²) in [5, 5.41) is 0. The standard InChI is InChI=1S/C18H16F9IO2/c19-14(15(20,21)17(24,25)18(26,27)16(14,22)23)10-12(28)8-4-5-9-30-13(29)11-6-2-1-3-7-11/h1-3,6-7,12H,4-5,8-10H2. The summed E-state index contributed by atoms with van der Waals surface area (Å²) in [6.07, 6.45) is -1.92. The van der Waals surface area contributed by atoms with Gasteiger partial charge in [-0.05, 0) is 31.4 Å². The first-order chi connectivity index (χ1) is 13.6. The molecule has 1 aliphatic carbocycles. The SMILES string of the molecule is O=C(OCCCCC(I)CC1(F)C(F)(F)C(F)(F)C(F)(F)C1(F)F)c1ccccc1. The van der Waals surface area contributed by atoms with Crippen molar-refractivity contribution in [3.8, 4) is 0 Å². The number of esters is 1. The minimum Gasteiger partial charge on any atom is -0.462 e. The van der Waals surface area contributed by atoms with E-state index in [0.717, 1.165) is 0 Å². The van der Waals surface area contributed by atoms with Crippen molar-refractivity contribution in [2.75, 3.05) is 6.61 Å². The molecule has 2 nitrogen and oxygen atoms in total. The van der Waals surface area contributed by atoms with Gasteiger partial charge in [0.05, 0.1) is 12.2 Å². The Kier molecular flexibility index (Phi) is 7.00. The van der Waals surface area contributed by atoms with Crippen molar-refractivity contribution in [1.29, 1.82) is 0 Å². The van der Waals surface area contributed by atoms with Crippen LogP contribution in [0.25, 0.3) is 0 Å². The molecule has 170 valence electrons. The number of carbonyl (C=O) groups excluding carboxylic acids is 1. The van der Waals surface area contributed by atoms with Crippen LogP contribution in [-0.4, -0.2) is 45.9 Å². The van der Waals surface area contributed by atoms with Gasteiger partial charge >= 0.3 is 29.7 Å². The maximum absolute atomic E-state index is 14.4. The van der Waals surface area contributed by atoms with Gasteiger partial charge in [-0.25, -0.2) is 9.18 Å². The lowest BCUT2D eigenvalue weighted by molar-refractivity contribution is -0.303. The van der Waals surface area contributed by atoms with E-state index in [0.29, 0.717) is 0 Å². The summed E-state index contributed by atoms with van der Waals surface area (Å²) in [5.74, 6) is -26.2. The van der Waals surface area contributed by atoms with E-state index in [2.05, 4.69) is 0 Å². The molecule has 1 unspecified atom stereocenters. The summed E-state index contributed by atoms with van der Waals surface area (Å²) in [6, 6.07) is 7.88. The van der Waals surface area contributed by atoms with Gasteiger partial charge in [0.15, 0.2) is 0 Å². The number of hydrogen-bond donors (Lipinski definition) is 0. The Morgan fingerprint density at radius 3 is 1.83 bits per heavy atom. The maximum Gasteiger partial charge on any atom is 0.381 e. The summed E-state index contributed by atoms with van der Waals surface area (Å²) < 4.78 is 126. The van der Waals surface area contributed by atoms with Gasteiger partial charge in [-0.1, -0.05) is 40.8 Å². The molecule has 12 heteroatoms. The van der Waals surface area contributed by atoms with E-state index in [-0.39, 0.29) is 31.4 Å². The van der Waals surface area contributed by atoms with Gasteiger partial charge in [0, 0.05) is 10.3 Å². The number of ether oxygens (including phenoxy) is 1. The smallest absolute Gasteiger partial charge is 0.381 e. The highest BCUT2D eigenvalue weighted by Gasteiger charge is 3.00. The molecular weight excluding hydrogens is 546 g/mol. The zero-order valence-electron chi connectivity index (χ0n) is 15.1. The van der Waals surface area contributed by atoms with Gasteiger partial charge in [-0.15, -0.1) is 0 Å². The van der Waals surface area contributed by atoms with Crippen LogP contribution in [0, 0.1) is 0 Å². The van der Waals surface area contributed by atoms with Crippen molar-refractivity contribution in [2.45, 2.75) is 59.0 Å². The quantitative estimate of drug-likeness (QED) is 0.119. The number of halogens is 10. The average molecular weight is 562 g/mol. The highest BCUT2D eigenvalue weighted by Crippen LogP contribution is 2.70. The molecule has 0 amide bonds. The Labute approximate surface area is 179 Å². The first-order valence-electron chi connectivity index (χ1n) is 8.70. The monoisotopic (exact) mass is 562 g/mol. The third-order valence-corrected chi connectivity index (χ3v) is 5.90. The number of hydrogen-bond acceptors (Lipinski definition) is 2. The molecule has 1 fully saturated rings. The molecule has 1 saturated carbocycles. The molecule has 0 bridgehead atoms. The Balaban J connectivity index is 1.91. The summed E-state index contributed by atoms with van der Waals surface area (Å²) in [6.45, 7) is -0.125. The van der Waals surface area contributed by atoms with Gasteiger partial charge in [0.1, 0.15) is 0 Å². The molecule has 0 radical (unpaired) electrons. The van der Waals surface area contributed by atoms with Crippen molar-refractivity contribution < 1.29 is 49.0 Å². The average Bonchev–Trinajstić information content (AvgIpc) is 2.71. The van der Waals surface area contributed by atoms with E-state index < -0.39 is 45.7 Å². The fourth-order valence-electron chi connectivity index (χ4n) is 3.04. The van der Waals surface area contributed by atoms with Crippen molar-refractivity contribution >= 4 is 28.6 Å². The van der Waals surface area contributed by atoms with Gasteiger partial charge < -0.3 is 4.74 Å². The largest absolute Gasteiger partial charge is 0.462 e. The molecule has 1 aliphatic rings. The maximum atomic E-state index is 14.4.